The van der Waals surface area contributed by atoms with Gasteiger partial charge < -0.3 is 28.9 Å². The summed E-state index contributed by atoms with van der Waals surface area (Å²) in [6, 6.07) is 67.2. The van der Waals surface area contributed by atoms with Gasteiger partial charge in [-0.3, -0.25) is 0 Å². The topological polar surface area (TPSA) is 37.4 Å². The molecule has 0 radical (unpaired) electrons. The zero-order chi connectivity index (χ0) is 71.9. The second-order valence-corrected chi connectivity index (χ2v) is 38.4. The number of ether oxygens (including phenoxy) is 3. The quantitative estimate of drug-likeness (QED) is 0.164. The minimum Gasteiger partial charge on any atom is -0.458 e. The summed E-state index contributed by atoms with van der Waals surface area (Å²) in [7, 11) is 0. The average Bonchev–Trinajstić information content (AvgIpc) is 0.682. The Kier molecular flexibility index (Phi) is 14.4. The van der Waals surface area contributed by atoms with Crippen LogP contribution in [0.1, 0.15) is 211 Å². The van der Waals surface area contributed by atoms with Gasteiger partial charge in [0.2, 0.25) is 0 Å². The van der Waals surface area contributed by atoms with Crippen molar-refractivity contribution in [2.75, 3.05) is 14.7 Å². The smallest absolute Gasteiger partial charge is 0.260 e. The lowest BCUT2D eigenvalue weighted by Crippen LogP contribution is -2.66. The number of nitrogens with zero attached hydrogens (tertiary/aromatic N) is 3. The molecule has 510 valence electrons. The highest BCUT2D eigenvalue weighted by molar-refractivity contribution is 7.04. The van der Waals surface area contributed by atoms with Crippen LogP contribution in [0.4, 0.5) is 51.2 Å². The number of fused-ring (bicyclic) bond motifs is 12. The average molecular weight is 1330 g/mol. The molecule has 0 fully saturated rings. The third-order valence-electron chi connectivity index (χ3n) is 22.9. The van der Waals surface area contributed by atoms with Gasteiger partial charge in [0.1, 0.15) is 34.5 Å². The SMILES string of the molecule is CC(C)(C)c1ccc(N2c3cc4c(cc3B3c5cc(C(C)(C)C)ccc5Oc5cc(C(C)(C)C)cc2c53)B2c3cc5c(cc3N(c3ccc(C(C)(C)C)cc3)c3cc(C(C)(C)C)cc(c32)N4c2ccc(C(C)(C)C)cc2)Oc2cc(C(C)(C)C)cc3c2B5c2cc(C(C)(C)C)ccc2O3)cc1. The van der Waals surface area contributed by atoms with E-state index in [4.69, 9.17) is 14.2 Å². The van der Waals surface area contributed by atoms with Gasteiger partial charge in [-0.05, 0) is 223 Å². The van der Waals surface area contributed by atoms with Crippen molar-refractivity contribution >= 4 is 120 Å². The van der Waals surface area contributed by atoms with E-state index in [0.29, 0.717) is 0 Å². The second-order valence-electron chi connectivity index (χ2n) is 38.4. The third-order valence-corrected chi connectivity index (χ3v) is 22.9. The van der Waals surface area contributed by atoms with E-state index in [0.717, 1.165) is 90.7 Å². The maximum atomic E-state index is 7.63. The van der Waals surface area contributed by atoms with Crippen molar-refractivity contribution in [1.29, 1.82) is 0 Å². The Bertz CT molecular complexity index is 5120. The van der Waals surface area contributed by atoms with Crippen molar-refractivity contribution < 1.29 is 14.2 Å². The van der Waals surface area contributed by atoms with Crippen molar-refractivity contribution in [2.45, 2.75) is 209 Å². The number of hydrogen-bond acceptors (Lipinski definition) is 6. The first-order valence-electron chi connectivity index (χ1n) is 37.0. The lowest BCUT2D eigenvalue weighted by molar-refractivity contribution is 0.458. The molecule has 6 heterocycles. The van der Waals surface area contributed by atoms with Crippen molar-refractivity contribution in [3.05, 3.63) is 214 Å². The molecule has 6 nitrogen and oxygen atoms in total. The fourth-order valence-corrected chi connectivity index (χ4v) is 16.6. The number of hydrogen-bond donors (Lipinski definition) is 0. The van der Waals surface area contributed by atoms with E-state index in [-0.39, 0.29) is 63.5 Å². The van der Waals surface area contributed by atoms with Crippen molar-refractivity contribution in [2.24, 2.45) is 0 Å². The van der Waals surface area contributed by atoms with E-state index in [1.54, 1.807) is 0 Å². The number of anilines is 9. The Labute approximate surface area is 604 Å². The third kappa shape index (κ3) is 10.8. The largest absolute Gasteiger partial charge is 0.458 e. The first-order valence-corrected chi connectivity index (χ1v) is 37.0. The number of benzene rings is 10. The van der Waals surface area contributed by atoms with Gasteiger partial charge in [0.15, 0.2) is 0 Å². The first-order chi connectivity index (χ1) is 47.1. The fourth-order valence-electron chi connectivity index (χ4n) is 16.6. The Morgan fingerprint density at radius 2 is 0.465 bits per heavy atom. The summed E-state index contributed by atoms with van der Waals surface area (Å²) in [6.07, 6.45) is 0. The summed E-state index contributed by atoms with van der Waals surface area (Å²) in [4.78, 5) is 7.85. The Morgan fingerprint density at radius 3 is 0.832 bits per heavy atom. The normalized spacial score (nSPS) is 15.0. The highest BCUT2D eigenvalue weighted by Gasteiger charge is 2.51. The van der Waals surface area contributed by atoms with E-state index in [9.17, 15) is 0 Å². The molecule has 10 aromatic rings. The zero-order valence-electron chi connectivity index (χ0n) is 64.5. The maximum Gasteiger partial charge on any atom is 0.260 e. The summed E-state index contributed by atoms with van der Waals surface area (Å²) in [5.74, 6) is 5.29. The van der Waals surface area contributed by atoms with Crippen LogP contribution in [0.5, 0.6) is 34.5 Å². The molecular weight excluding hydrogens is 1230 g/mol. The molecule has 0 atom stereocenters. The van der Waals surface area contributed by atoms with Crippen LogP contribution in [0.15, 0.2) is 170 Å². The highest BCUT2D eigenvalue weighted by atomic mass is 16.5. The van der Waals surface area contributed by atoms with Gasteiger partial charge in [-0.15, -0.1) is 0 Å². The molecule has 0 aliphatic carbocycles. The Morgan fingerprint density at radius 1 is 0.198 bits per heavy atom. The summed E-state index contributed by atoms with van der Waals surface area (Å²) >= 11 is 0. The van der Waals surface area contributed by atoms with Gasteiger partial charge >= 0.3 is 0 Å². The van der Waals surface area contributed by atoms with Gasteiger partial charge in [-0.2, -0.15) is 0 Å². The van der Waals surface area contributed by atoms with Crippen LogP contribution in [0, 0.1) is 0 Å². The van der Waals surface area contributed by atoms with E-state index < -0.39 is 0 Å². The molecule has 0 saturated heterocycles. The predicted octanol–water partition coefficient (Wildman–Crippen LogP) is 19.3. The molecular formula is C92H100B3N3O3. The van der Waals surface area contributed by atoms with Crippen LogP contribution in [0.2, 0.25) is 0 Å². The van der Waals surface area contributed by atoms with Gasteiger partial charge in [-0.25, -0.2) is 0 Å². The monoisotopic (exact) mass is 1330 g/mol. The summed E-state index contributed by atoms with van der Waals surface area (Å²) in [6.45, 7) is 55.2. The lowest BCUT2D eigenvalue weighted by Gasteiger charge is -2.47. The van der Waals surface area contributed by atoms with E-state index in [2.05, 4.69) is 351 Å². The van der Waals surface area contributed by atoms with Crippen LogP contribution < -0.4 is 78.1 Å². The van der Waals surface area contributed by atoms with Crippen LogP contribution in [-0.4, -0.2) is 20.1 Å². The minimum absolute atomic E-state index is 0.0462. The zero-order valence-corrected chi connectivity index (χ0v) is 64.5. The molecule has 0 unspecified atom stereocenters. The standard InChI is InChI=1S/C92H100B3N3O3/c1-85(2,3)53-25-33-61(34-26-53)96-70-51-71-65(94-67-41-56(88(10,11)12)31-39-76(67)99-79-46-59(91(19,20)21)45-75(83(79)94)97(71)62-35-27-54(28-36-62)86(4,5)6)49-64(70)93-66-50-69-78(101-81-48-60(92(22,23)24)47-80-84(81)95(69)68-42-57(89(13,14)15)32-40-77(68)100-80)52-72(66)98(63-37-29-55(30-38-63)87(7,8)9)74-44-58(90(16,17)18)43-73(96)82(74)93/h25-52H,1-24H3. The van der Waals surface area contributed by atoms with E-state index >= 15 is 0 Å². The highest BCUT2D eigenvalue weighted by Crippen LogP contribution is 2.52. The molecule has 0 bridgehead atoms. The van der Waals surface area contributed by atoms with Crippen LogP contribution in [-0.2, 0) is 43.3 Å². The van der Waals surface area contributed by atoms with Gasteiger partial charge in [0.05, 0.1) is 0 Å². The van der Waals surface area contributed by atoms with Crippen LogP contribution >= 0.6 is 0 Å². The molecule has 6 aliphatic heterocycles. The molecule has 0 spiro atoms. The number of rotatable bonds is 3. The Hall–Kier alpha value is -8.81. The minimum atomic E-state index is -0.266. The molecule has 0 saturated carbocycles. The summed E-state index contributed by atoms with van der Waals surface area (Å²) in [5.41, 5.74) is 30.1. The van der Waals surface area contributed by atoms with Crippen LogP contribution in [0.25, 0.3) is 0 Å². The van der Waals surface area contributed by atoms with Crippen molar-refractivity contribution in [1.82, 2.24) is 0 Å². The van der Waals surface area contributed by atoms with Gasteiger partial charge in [-0.1, -0.05) is 239 Å². The molecule has 9 heteroatoms. The van der Waals surface area contributed by atoms with E-state index in [1.165, 1.54) is 88.7 Å². The molecule has 0 N–H and O–H groups in total. The molecule has 16 rings (SSSR count). The molecule has 101 heavy (non-hydrogen) atoms. The van der Waals surface area contributed by atoms with Crippen molar-refractivity contribution in [3.8, 4) is 34.5 Å². The maximum absolute atomic E-state index is 7.63. The predicted molar refractivity (Wildman–Crippen MR) is 434 cm³/mol. The van der Waals surface area contributed by atoms with Gasteiger partial charge in [0.25, 0.3) is 20.1 Å². The van der Waals surface area contributed by atoms with Crippen LogP contribution in [0.3, 0.4) is 0 Å². The van der Waals surface area contributed by atoms with E-state index in [1.807, 2.05) is 0 Å². The molecule has 0 aromatic heterocycles. The first kappa shape index (κ1) is 66.7. The second kappa shape index (κ2) is 21.9. The fraction of sp³-hybridized carbons (Fsp3) is 0.348. The molecule has 10 aromatic carbocycles. The van der Waals surface area contributed by atoms with Gasteiger partial charge in [0, 0.05) is 62.7 Å². The summed E-state index contributed by atoms with van der Waals surface area (Å²) < 4.78 is 22.2. The molecule has 6 aliphatic rings. The van der Waals surface area contributed by atoms with Crippen molar-refractivity contribution in [3.63, 3.8) is 0 Å². The Balaban J connectivity index is 1.06. The molecule has 0 amide bonds. The summed E-state index contributed by atoms with van der Waals surface area (Å²) in [5, 5.41) is 0. The lowest BCUT2D eigenvalue weighted by atomic mass is 9.29.